The molecule has 0 aliphatic heterocycles. The van der Waals surface area contributed by atoms with Crippen LogP contribution < -0.4 is 0 Å². The molecule has 0 atom stereocenters. The molecule has 0 saturated heterocycles. The zero-order valence-electron chi connectivity index (χ0n) is 15.2. The molecule has 1 rings (SSSR count). The van der Waals surface area contributed by atoms with Gasteiger partial charge in [0, 0.05) is 27.6 Å². The van der Waals surface area contributed by atoms with Crippen molar-refractivity contribution in [1.29, 1.82) is 0 Å². The second-order valence-electron chi connectivity index (χ2n) is 7.22. The molecule has 0 radical (unpaired) electrons. The fraction of sp³-hybridized carbons (Fsp3) is 0.500. The highest BCUT2D eigenvalue weighted by Crippen LogP contribution is 2.17. The van der Waals surface area contributed by atoms with Crippen LogP contribution in [0.2, 0.25) is 25.7 Å². The third kappa shape index (κ3) is 7.11. The summed E-state index contributed by atoms with van der Waals surface area (Å²) in [5, 5.41) is 0. The number of sulfonamides is 1. The van der Waals surface area contributed by atoms with Crippen molar-refractivity contribution in [2.75, 3.05) is 13.1 Å². The van der Waals surface area contributed by atoms with E-state index in [9.17, 15) is 13.2 Å². The number of allylic oxidation sites excluding steroid dienone is 1. The van der Waals surface area contributed by atoms with Crippen molar-refractivity contribution in [2.24, 2.45) is 0 Å². The lowest BCUT2D eigenvalue weighted by atomic mass is 10.2. The van der Waals surface area contributed by atoms with E-state index < -0.39 is 18.1 Å². The monoisotopic (exact) mass is 367 g/mol. The lowest BCUT2D eigenvalue weighted by Gasteiger charge is -2.21. The van der Waals surface area contributed by atoms with Gasteiger partial charge in [0.15, 0.2) is 0 Å². The van der Waals surface area contributed by atoms with E-state index in [0.29, 0.717) is 30.8 Å². The van der Waals surface area contributed by atoms with Crippen molar-refractivity contribution in [2.45, 2.75) is 50.3 Å². The highest BCUT2D eigenvalue weighted by atomic mass is 32.2. The summed E-state index contributed by atoms with van der Waals surface area (Å²) >= 11 is 0. The Morgan fingerprint density at radius 3 is 2.25 bits per heavy atom. The van der Waals surface area contributed by atoms with E-state index in [1.807, 2.05) is 13.0 Å². The van der Waals surface area contributed by atoms with Gasteiger partial charge in [0.1, 0.15) is 6.29 Å². The first-order chi connectivity index (χ1) is 11.2. The highest BCUT2D eigenvalue weighted by molar-refractivity contribution is 7.89. The molecule has 0 aliphatic rings. The molecule has 24 heavy (non-hydrogen) atoms. The van der Waals surface area contributed by atoms with Crippen LogP contribution in [0.25, 0.3) is 0 Å². The minimum atomic E-state index is -3.54. The van der Waals surface area contributed by atoms with Crippen molar-refractivity contribution < 1.29 is 13.2 Å². The lowest BCUT2D eigenvalue weighted by molar-refractivity contribution is -0.107. The maximum absolute atomic E-state index is 12.8. The Bertz CT molecular complexity index is 646. The van der Waals surface area contributed by atoms with E-state index in [1.165, 1.54) is 4.31 Å². The number of carbonyl (C=O) groups is 1. The maximum atomic E-state index is 12.8. The number of aryl methyl sites for hydroxylation is 1. The Morgan fingerprint density at radius 1 is 1.08 bits per heavy atom. The number of aldehydes is 1. The number of unbranched alkanes of at least 4 members (excludes halogenated alkanes) is 1. The average molecular weight is 368 g/mol. The average Bonchev–Trinajstić information content (AvgIpc) is 2.49. The second-order valence-corrected chi connectivity index (χ2v) is 14.7. The first-order valence-corrected chi connectivity index (χ1v) is 13.5. The summed E-state index contributed by atoms with van der Waals surface area (Å²) in [6.07, 6.45) is 5.77. The molecule has 1 aromatic carbocycles. The second kappa shape index (κ2) is 9.29. The molecule has 0 unspecified atom stereocenters. The molecule has 0 bridgehead atoms. The number of rotatable bonds is 10. The van der Waals surface area contributed by atoms with Crippen molar-refractivity contribution in [3.8, 4) is 0 Å². The molecule has 6 heteroatoms. The summed E-state index contributed by atoms with van der Waals surface area (Å²) in [6.45, 7) is 9.47. The highest BCUT2D eigenvalue weighted by Gasteiger charge is 2.23. The van der Waals surface area contributed by atoms with Gasteiger partial charge in [-0.25, -0.2) is 8.42 Å². The van der Waals surface area contributed by atoms with Crippen LogP contribution in [0, 0.1) is 6.92 Å². The summed E-state index contributed by atoms with van der Waals surface area (Å²) in [6, 6.07) is 7.92. The minimum Gasteiger partial charge on any atom is -0.303 e. The predicted molar refractivity (Wildman–Crippen MR) is 103 cm³/mol. The Balaban J connectivity index is 2.90. The minimum absolute atomic E-state index is 0.304. The molecule has 4 nitrogen and oxygen atoms in total. The van der Waals surface area contributed by atoms with Gasteiger partial charge in [-0.05, 0) is 31.5 Å². The van der Waals surface area contributed by atoms with Gasteiger partial charge >= 0.3 is 0 Å². The SMILES string of the molecule is Cc1ccc(S(=O)(=O)N(C/C=C/C[Si](C)(C)C)CCCC=O)cc1. The van der Waals surface area contributed by atoms with Crippen LogP contribution in [-0.4, -0.2) is 40.2 Å². The van der Waals surface area contributed by atoms with Crippen LogP contribution in [0.15, 0.2) is 41.3 Å². The molecule has 134 valence electrons. The Morgan fingerprint density at radius 2 is 1.71 bits per heavy atom. The van der Waals surface area contributed by atoms with Gasteiger partial charge in [0.2, 0.25) is 10.0 Å². The topological polar surface area (TPSA) is 54.5 Å². The third-order valence-electron chi connectivity index (χ3n) is 3.59. The molecule has 0 N–H and O–H groups in total. The standard InChI is InChI=1S/C18H29NO3SSi/c1-17-9-11-18(12-10-17)23(21,22)19(13-5-7-15-20)14-6-8-16-24(2,3)4/h6,8-12,15H,5,7,13-14,16H2,1-4H3/b8-6+. The van der Waals surface area contributed by atoms with Gasteiger partial charge in [-0.3, -0.25) is 0 Å². The molecule has 1 aromatic rings. The van der Waals surface area contributed by atoms with Crippen LogP contribution in [-0.2, 0) is 14.8 Å². The summed E-state index contributed by atoms with van der Waals surface area (Å²) < 4.78 is 27.1. The number of nitrogens with zero attached hydrogens (tertiary/aromatic N) is 1. The van der Waals surface area contributed by atoms with Gasteiger partial charge < -0.3 is 4.79 Å². The molecule has 0 spiro atoms. The summed E-state index contributed by atoms with van der Waals surface area (Å²) in [4.78, 5) is 10.8. The van der Waals surface area contributed by atoms with Crippen LogP contribution >= 0.6 is 0 Å². The molecule has 0 fully saturated rings. The van der Waals surface area contributed by atoms with Crippen LogP contribution in [0.5, 0.6) is 0 Å². The van der Waals surface area contributed by atoms with Crippen LogP contribution in [0.1, 0.15) is 18.4 Å². The van der Waals surface area contributed by atoms with Crippen molar-refractivity contribution in [3.63, 3.8) is 0 Å². The molecule has 0 heterocycles. The number of hydrogen-bond donors (Lipinski definition) is 0. The van der Waals surface area contributed by atoms with Crippen LogP contribution in [0.3, 0.4) is 0 Å². The fourth-order valence-corrected chi connectivity index (χ4v) is 4.45. The van der Waals surface area contributed by atoms with Crippen molar-refractivity contribution in [3.05, 3.63) is 42.0 Å². The molecule has 0 aromatic heterocycles. The first-order valence-electron chi connectivity index (χ1n) is 8.32. The Hall–Kier alpha value is -1.24. The number of carbonyl (C=O) groups excluding carboxylic acids is 1. The largest absolute Gasteiger partial charge is 0.303 e. The van der Waals surface area contributed by atoms with Gasteiger partial charge in [0.25, 0.3) is 0 Å². The summed E-state index contributed by atoms with van der Waals surface area (Å²) in [5.41, 5.74) is 1.02. The summed E-state index contributed by atoms with van der Waals surface area (Å²) in [7, 11) is -4.71. The quantitative estimate of drug-likeness (QED) is 0.273. The smallest absolute Gasteiger partial charge is 0.243 e. The predicted octanol–water partition coefficient (Wildman–Crippen LogP) is 3.86. The molecule has 0 saturated carbocycles. The van der Waals surface area contributed by atoms with E-state index in [4.69, 9.17) is 0 Å². The maximum Gasteiger partial charge on any atom is 0.243 e. The molecule has 0 amide bonds. The third-order valence-corrected chi connectivity index (χ3v) is 6.93. The van der Waals surface area contributed by atoms with Crippen molar-refractivity contribution >= 4 is 24.4 Å². The molecular formula is C18H29NO3SSi. The normalized spacial score (nSPS) is 12.9. The zero-order valence-corrected chi connectivity index (χ0v) is 17.0. The molecular weight excluding hydrogens is 338 g/mol. The van der Waals surface area contributed by atoms with Gasteiger partial charge in [0.05, 0.1) is 4.90 Å². The van der Waals surface area contributed by atoms with Gasteiger partial charge in [-0.15, -0.1) is 0 Å². The van der Waals surface area contributed by atoms with Gasteiger partial charge in [-0.1, -0.05) is 49.5 Å². The van der Waals surface area contributed by atoms with E-state index in [-0.39, 0.29) is 0 Å². The Labute approximate surface area is 147 Å². The van der Waals surface area contributed by atoms with Crippen molar-refractivity contribution in [1.82, 2.24) is 4.31 Å². The van der Waals surface area contributed by atoms with E-state index in [2.05, 4.69) is 25.7 Å². The van der Waals surface area contributed by atoms with E-state index in [0.717, 1.165) is 17.9 Å². The molecule has 0 aliphatic carbocycles. The number of hydrogen-bond acceptors (Lipinski definition) is 3. The van der Waals surface area contributed by atoms with Gasteiger partial charge in [-0.2, -0.15) is 4.31 Å². The van der Waals surface area contributed by atoms with E-state index in [1.54, 1.807) is 24.3 Å². The Kier molecular flexibility index (Phi) is 8.06. The summed E-state index contributed by atoms with van der Waals surface area (Å²) in [5.74, 6) is 0. The number of benzene rings is 1. The zero-order chi connectivity index (χ0) is 18.2. The fourth-order valence-electron chi connectivity index (χ4n) is 2.15. The van der Waals surface area contributed by atoms with Crippen LogP contribution in [0.4, 0.5) is 0 Å². The first kappa shape index (κ1) is 20.8. The van der Waals surface area contributed by atoms with E-state index >= 15 is 0 Å². The lowest BCUT2D eigenvalue weighted by Crippen LogP contribution is -2.32.